The summed E-state index contributed by atoms with van der Waals surface area (Å²) in [5.41, 5.74) is 1.20. The average Bonchev–Trinajstić information content (AvgIpc) is 2.59. The molecule has 0 aromatic heterocycles. The topological polar surface area (TPSA) is 52.6 Å². The van der Waals surface area contributed by atoms with E-state index < -0.39 is 0 Å². The predicted molar refractivity (Wildman–Crippen MR) is 89.2 cm³/mol. The Hall–Kier alpha value is -2.36. The Bertz CT molecular complexity index is 641. The molecule has 0 N–H and O–H groups in total. The molecule has 122 valence electrons. The van der Waals surface area contributed by atoms with Crippen molar-refractivity contribution in [3.8, 4) is 11.5 Å². The van der Waals surface area contributed by atoms with Crippen LogP contribution in [0.2, 0.25) is 0 Å². The summed E-state index contributed by atoms with van der Waals surface area (Å²) in [5, 5.41) is 0. The van der Waals surface area contributed by atoms with Gasteiger partial charge >= 0.3 is 0 Å². The molecule has 0 unspecified atom stereocenters. The molecule has 1 aliphatic rings. The van der Waals surface area contributed by atoms with E-state index in [4.69, 9.17) is 9.47 Å². The van der Waals surface area contributed by atoms with E-state index in [1.165, 1.54) is 0 Å². The molecule has 0 aliphatic carbocycles. The van der Waals surface area contributed by atoms with Gasteiger partial charge in [-0.15, -0.1) is 0 Å². The second kappa shape index (κ2) is 8.32. The fourth-order valence-electron chi connectivity index (χ4n) is 2.33. The van der Waals surface area contributed by atoms with Crippen LogP contribution in [0, 0.1) is 0 Å². The zero-order chi connectivity index (χ0) is 16.7. The van der Waals surface area contributed by atoms with E-state index in [1.54, 1.807) is 24.3 Å². The van der Waals surface area contributed by atoms with Crippen LogP contribution < -0.4 is 9.47 Å². The summed E-state index contributed by atoms with van der Waals surface area (Å²) in [7, 11) is 0. The van der Waals surface area contributed by atoms with Crippen molar-refractivity contribution in [1.29, 1.82) is 0 Å². The zero-order valence-electron chi connectivity index (χ0n) is 13.6. The molecule has 0 bridgehead atoms. The van der Waals surface area contributed by atoms with E-state index in [2.05, 4.69) is 0 Å². The van der Waals surface area contributed by atoms with Crippen LogP contribution in [0.1, 0.15) is 43.5 Å². The average molecular weight is 314 g/mol. The SMILES string of the molecule is C/C=C(\C=C/CC)C(=O)CCC(=O)c1ccc2c(c1)OCCO2. The zero-order valence-corrected chi connectivity index (χ0v) is 13.6. The number of fused-ring (bicyclic) bond motifs is 1. The molecular formula is C19H22O4. The van der Waals surface area contributed by atoms with Gasteiger partial charge in [0.15, 0.2) is 23.1 Å². The maximum atomic E-state index is 12.3. The maximum Gasteiger partial charge on any atom is 0.163 e. The minimum absolute atomic E-state index is 0.0110. The van der Waals surface area contributed by atoms with Gasteiger partial charge < -0.3 is 9.47 Å². The van der Waals surface area contributed by atoms with Crippen molar-refractivity contribution in [1.82, 2.24) is 0 Å². The van der Waals surface area contributed by atoms with E-state index in [0.717, 1.165) is 6.42 Å². The number of rotatable bonds is 7. The highest BCUT2D eigenvalue weighted by atomic mass is 16.6. The summed E-state index contributed by atoms with van der Waals surface area (Å²) in [6, 6.07) is 5.15. The number of ether oxygens (including phenoxy) is 2. The molecule has 0 fully saturated rings. The molecule has 0 saturated heterocycles. The molecule has 0 atom stereocenters. The number of hydrogen-bond acceptors (Lipinski definition) is 4. The fourth-order valence-corrected chi connectivity index (χ4v) is 2.33. The molecule has 0 saturated carbocycles. The third kappa shape index (κ3) is 4.55. The van der Waals surface area contributed by atoms with Gasteiger partial charge in [0.1, 0.15) is 13.2 Å². The first-order chi connectivity index (χ1) is 11.2. The fraction of sp³-hybridized carbons (Fsp3) is 0.368. The van der Waals surface area contributed by atoms with Crippen LogP contribution in [-0.2, 0) is 4.79 Å². The molecule has 23 heavy (non-hydrogen) atoms. The van der Waals surface area contributed by atoms with E-state index >= 15 is 0 Å². The lowest BCUT2D eigenvalue weighted by atomic mass is 10.0. The first-order valence-electron chi connectivity index (χ1n) is 7.94. The van der Waals surface area contributed by atoms with E-state index in [9.17, 15) is 9.59 Å². The number of hydrogen-bond donors (Lipinski definition) is 0. The van der Waals surface area contributed by atoms with Crippen LogP contribution in [0.15, 0.2) is 42.0 Å². The summed E-state index contributed by atoms with van der Waals surface area (Å²) in [6.45, 7) is 4.85. The third-order valence-electron chi connectivity index (χ3n) is 3.61. The molecule has 1 aliphatic heterocycles. The third-order valence-corrected chi connectivity index (χ3v) is 3.61. The van der Waals surface area contributed by atoms with Crippen molar-refractivity contribution in [2.75, 3.05) is 13.2 Å². The highest BCUT2D eigenvalue weighted by molar-refractivity contribution is 6.03. The van der Waals surface area contributed by atoms with Crippen LogP contribution in [0.5, 0.6) is 11.5 Å². The lowest BCUT2D eigenvalue weighted by molar-refractivity contribution is -0.115. The van der Waals surface area contributed by atoms with Gasteiger partial charge in [0.05, 0.1) is 0 Å². The largest absolute Gasteiger partial charge is 0.486 e. The Morgan fingerprint density at radius 1 is 1.13 bits per heavy atom. The van der Waals surface area contributed by atoms with Gasteiger partial charge in [-0.2, -0.15) is 0 Å². The minimum Gasteiger partial charge on any atom is -0.486 e. The maximum absolute atomic E-state index is 12.3. The molecule has 2 rings (SSSR count). The van der Waals surface area contributed by atoms with Crippen LogP contribution >= 0.6 is 0 Å². The Balaban J connectivity index is 1.97. The molecule has 1 aromatic rings. The van der Waals surface area contributed by atoms with Gasteiger partial charge in [0.25, 0.3) is 0 Å². The summed E-state index contributed by atoms with van der Waals surface area (Å²) < 4.78 is 10.9. The smallest absolute Gasteiger partial charge is 0.163 e. The Kier molecular flexibility index (Phi) is 6.15. The van der Waals surface area contributed by atoms with Crippen molar-refractivity contribution >= 4 is 11.6 Å². The molecule has 4 nitrogen and oxygen atoms in total. The summed E-state index contributed by atoms with van der Waals surface area (Å²) in [5.74, 6) is 1.17. The van der Waals surface area contributed by atoms with E-state index in [1.807, 2.05) is 26.0 Å². The highest BCUT2D eigenvalue weighted by Crippen LogP contribution is 2.31. The van der Waals surface area contributed by atoms with Crippen molar-refractivity contribution in [3.05, 3.63) is 47.6 Å². The standard InChI is InChI=1S/C19H22O4/c1-3-5-6-14(4-2)16(20)8-9-17(21)15-7-10-18-19(13-15)23-12-11-22-18/h4-7,10,13H,3,8-9,11-12H2,1-2H3/b6-5-,14-4+. The first kappa shape index (κ1) is 17.0. The number of Topliss-reactive ketones (excluding diaryl/α,β-unsaturated/α-hetero) is 2. The van der Waals surface area contributed by atoms with E-state index in [-0.39, 0.29) is 24.4 Å². The predicted octanol–water partition coefficient (Wildman–Crippen LogP) is 3.90. The summed E-state index contributed by atoms with van der Waals surface area (Å²) in [6.07, 6.45) is 6.81. The second-order valence-electron chi connectivity index (χ2n) is 5.26. The number of allylic oxidation sites excluding steroid dienone is 4. The first-order valence-corrected chi connectivity index (χ1v) is 7.94. The van der Waals surface area contributed by atoms with Gasteiger partial charge in [-0.05, 0) is 31.5 Å². The van der Waals surface area contributed by atoms with Crippen LogP contribution in [0.3, 0.4) is 0 Å². The number of carbonyl (C=O) groups is 2. The molecule has 0 spiro atoms. The quantitative estimate of drug-likeness (QED) is 0.435. The van der Waals surface area contributed by atoms with Crippen molar-refractivity contribution in [2.45, 2.75) is 33.1 Å². The van der Waals surface area contributed by atoms with E-state index in [0.29, 0.717) is 35.8 Å². The van der Waals surface area contributed by atoms with Gasteiger partial charge in [-0.25, -0.2) is 0 Å². The molecule has 1 heterocycles. The van der Waals surface area contributed by atoms with Gasteiger partial charge in [0.2, 0.25) is 0 Å². The second-order valence-corrected chi connectivity index (χ2v) is 5.26. The highest BCUT2D eigenvalue weighted by Gasteiger charge is 2.16. The normalized spacial score (nSPS) is 14.1. The Labute approximate surface area is 136 Å². The number of ketones is 2. The Morgan fingerprint density at radius 3 is 2.57 bits per heavy atom. The Morgan fingerprint density at radius 2 is 1.87 bits per heavy atom. The van der Waals surface area contributed by atoms with Crippen molar-refractivity contribution < 1.29 is 19.1 Å². The van der Waals surface area contributed by atoms with Crippen molar-refractivity contribution in [3.63, 3.8) is 0 Å². The minimum atomic E-state index is -0.0646. The molecular weight excluding hydrogens is 292 g/mol. The van der Waals surface area contributed by atoms with Gasteiger partial charge in [0, 0.05) is 24.0 Å². The summed E-state index contributed by atoms with van der Waals surface area (Å²) >= 11 is 0. The lowest BCUT2D eigenvalue weighted by Crippen LogP contribution is -2.16. The van der Waals surface area contributed by atoms with Gasteiger partial charge in [-0.3, -0.25) is 9.59 Å². The van der Waals surface area contributed by atoms with Gasteiger partial charge in [-0.1, -0.05) is 25.2 Å². The monoisotopic (exact) mass is 314 g/mol. The molecule has 0 radical (unpaired) electrons. The van der Waals surface area contributed by atoms with Crippen LogP contribution in [0.4, 0.5) is 0 Å². The number of carbonyl (C=O) groups excluding carboxylic acids is 2. The molecule has 1 aromatic carbocycles. The molecule has 4 heteroatoms. The molecule has 0 amide bonds. The van der Waals surface area contributed by atoms with Crippen molar-refractivity contribution in [2.24, 2.45) is 0 Å². The van der Waals surface area contributed by atoms with Crippen LogP contribution in [0.25, 0.3) is 0 Å². The van der Waals surface area contributed by atoms with Crippen LogP contribution in [-0.4, -0.2) is 24.8 Å². The number of benzene rings is 1. The summed E-state index contributed by atoms with van der Waals surface area (Å²) in [4.78, 5) is 24.4. The lowest BCUT2D eigenvalue weighted by Gasteiger charge is -2.18.